The normalized spacial score (nSPS) is 14.6. The largest absolute Gasteiger partial charge is 0.363 e. The summed E-state index contributed by atoms with van der Waals surface area (Å²) >= 11 is 5.88. The number of carbonyl (C=O) groups is 1. The molecule has 1 amide bonds. The van der Waals surface area contributed by atoms with E-state index in [9.17, 15) is 9.18 Å². The average Bonchev–Trinajstić information content (AvgIpc) is 2.63. The fourth-order valence-electron chi connectivity index (χ4n) is 2.68. The van der Waals surface area contributed by atoms with E-state index in [-0.39, 0.29) is 11.5 Å². The third kappa shape index (κ3) is 3.82. The summed E-state index contributed by atoms with van der Waals surface area (Å²) in [7, 11) is 3.84. The number of benzene rings is 1. The number of amides is 1. The van der Waals surface area contributed by atoms with Crippen molar-refractivity contribution in [3.63, 3.8) is 0 Å². The molecule has 1 aliphatic rings. The number of hydrogen-bond acceptors (Lipinski definition) is 5. The molecule has 3 rings (SSSR count). The molecule has 6 nitrogen and oxygen atoms in total. The van der Waals surface area contributed by atoms with Crippen molar-refractivity contribution in [3.8, 4) is 0 Å². The van der Waals surface area contributed by atoms with E-state index in [1.807, 2.05) is 30.0 Å². The van der Waals surface area contributed by atoms with Gasteiger partial charge in [0.05, 0.1) is 5.56 Å². The Hall–Kier alpha value is -2.41. The molecule has 0 aliphatic carbocycles. The highest BCUT2D eigenvalue weighted by atomic mass is 35.5. The third-order valence-corrected chi connectivity index (χ3v) is 4.33. The maximum Gasteiger partial charge on any atom is 0.257 e. The zero-order valence-corrected chi connectivity index (χ0v) is 14.9. The van der Waals surface area contributed by atoms with Crippen LogP contribution in [0.15, 0.2) is 30.5 Å². The second-order valence-corrected chi connectivity index (χ2v) is 6.45. The fraction of sp³-hybridized carbons (Fsp3) is 0.353. The van der Waals surface area contributed by atoms with Gasteiger partial charge in [-0.3, -0.25) is 4.79 Å². The predicted molar refractivity (Wildman–Crippen MR) is 95.9 cm³/mol. The van der Waals surface area contributed by atoms with Gasteiger partial charge in [0.2, 0.25) is 5.95 Å². The van der Waals surface area contributed by atoms with Crippen molar-refractivity contribution in [1.29, 1.82) is 0 Å². The van der Waals surface area contributed by atoms with Gasteiger partial charge in [0.15, 0.2) is 0 Å². The molecule has 1 aromatic carbocycles. The number of nitrogens with zero attached hydrogens (tertiary/aromatic N) is 5. The molecule has 0 unspecified atom stereocenters. The Kier molecular flexibility index (Phi) is 5.03. The molecule has 1 aromatic heterocycles. The van der Waals surface area contributed by atoms with E-state index >= 15 is 0 Å². The number of anilines is 2. The third-order valence-electron chi connectivity index (χ3n) is 4.09. The minimum absolute atomic E-state index is 0.00630. The van der Waals surface area contributed by atoms with Gasteiger partial charge >= 0.3 is 0 Å². The van der Waals surface area contributed by atoms with Crippen LogP contribution in [-0.4, -0.2) is 61.0 Å². The molecule has 0 spiro atoms. The topological polar surface area (TPSA) is 52.6 Å². The summed E-state index contributed by atoms with van der Waals surface area (Å²) in [5.41, 5.74) is 0.00630. The van der Waals surface area contributed by atoms with Crippen molar-refractivity contribution in [1.82, 2.24) is 14.9 Å². The van der Waals surface area contributed by atoms with Gasteiger partial charge in [-0.05, 0) is 24.3 Å². The quantitative estimate of drug-likeness (QED) is 0.837. The van der Waals surface area contributed by atoms with Gasteiger partial charge in [-0.25, -0.2) is 9.37 Å². The van der Waals surface area contributed by atoms with E-state index in [4.69, 9.17) is 11.6 Å². The molecule has 2 heterocycles. The summed E-state index contributed by atoms with van der Waals surface area (Å²) in [5, 5.41) is 0.345. The number of aromatic nitrogens is 2. The number of rotatable bonds is 3. The van der Waals surface area contributed by atoms with Crippen molar-refractivity contribution in [2.75, 3.05) is 50.1 Å². The molecule has 0 atom stereocenters. The van der Waals surface area contributed by atoms with E-state index in [1.54, 1.807) is 11.1 Å². The summed E-state index contributed by atoms with van der Waals surface area (Å²) in [6.45, 7) is 2.12. The molecular formula is C17H19ClFN5O. The van der Waals surface area contributed by atoms with Crippen molar-refractivity contribution >= 4 is 29.3 Å². The van der Waals surface area contributed by atoms with Gasteiger partial charge in [-0.1, -0.05) is 11.6 Å². The van der Waals surface area contributed by atoms with E-state index in [1.165, 1.54) is 18.2 Å². The summed E-state index contributed by atoms with van der Waals surface area (Å²) in [5.74, 6) is 0.554. The lowest BCUT2D eigenvalue weighted by Gasteiger charge is -2.35. The Bertz CT molecular complexity index is 777. The predicted octanol–water partition coefficient (Wildman–Crippen LogP) is 2.30. The lowest BCUT2D eigenvalue weighted by molar-refractivity contribution is 0.0741. The maximum atomic E-state index is 13.9. The van der Waals surface area contributed by atoms with Crippen LogP contribution >= 0.6 is 11.6 Å². The zero-order valence-electron chi connectivity index (χ0n) is 14.1. The van der Waals surface area contributed by atoms with Crippen molar-refractivity contribution in [3.05, 3.63) is 46.9 Å². The van der Waals surface area contributed by atoms with E-state index in [0.717, 1.165) is 5.82 Å². The summed E-state index contributed by atoms with van der Waals surface area (Å²) in [6.07, 6.45) is 1.72. The molecule has 132 valence electrons. The molecule has 25 heavy (non-hydrogen) atoms. The maximum absolute atomic E-state index is 13.9. The Morgan fingerprint density at radius 2 is 1.92 bits per heavy atom. The molecule has 0 saturated carbocycles. The minimum Gasteiger partial charge on any atom is -0.363 e. The molecule has 1 fully saturated rings. The highest BCUT2D eigenvalue weighted by molar-refractivity contribution is 6.31. The Balaban J connectivity index is 1.68. The SMILES string of the molecule is CN(C)c1ccnc(N2CCN(C(=O)c3cc(Cl)ccc3F)CC2)n1. The lowest BCUT2D eigenvalue weighted by atomic mass is 10.1. The van der Waals surface area contributed by atoms with Gasteiger partial charge in [-0.15, -0.1) is 0 Å². The Morgan fingerprint density at radius 1 is 1.20 bits per heavy atom. The number of hydrogen-bond donors (Lipinski definition) is 0. The van der Waals surface area contributed by atoms with Crippen LogP contribution in [0.1, 0.15) is 10.4 Å². The summed E-state index contributed by atoms with van der Waals surface area (Å²) < 4.78 is 13.9. The Morgan fingerprint density at radius 3 is 2.60 bits per heavy atom. The Labute approximate surface area is 150 Å². The van der Waals surface area contributed by atoms with Crippen LogP contribution in [0.25, 0.3) is 0 Å². The van der Waals surface area contributed by atoms with Gasteiger partial charge in [-0.2, -0.15) is 4.98 Å². The molecule has 1 aliphatic heterocycles. The summed E-state index contributed by atoms with van der Waals surface area (Å²) in [6, 6.07) is 5.85. The molecule has 0 N–H and O–H groups in total. The number of halogens is 2. The van der Waals surface area contributed by atoms with Crippen molar-refractivity contribution in [2.24, 2.45) is 0 Å². The molecular weight excluding hydrogens is 345 g/mol. The molecule has 8 heteroatoms. The summed E-state index contributed by atoms with van der Waals surface area (Å²) in [4.78, 5) is 26.9. The first kappa shape index (κ1) is 17.4. The van der Waals surface area contributed by atoms with E-state index in [0.29, 0.717) is 37.1 Å². The van der Waals surface area contributed by atoms with Gasteiger partial charge in [0, 0.05) is 51.5 Å². The van der Waals surface area contributed by atoms with Gasteiger partial charge in [0.25, 0.3) is 5.91 Å². The highest BCUT2D eigenvalue weighted by Crippen LogP contribution is 2.19. The minimum atomic E-state index is -0.557. The lowest BCUT2D eigenvalue weighted by Crippen LogP contribution is -2.49. The average molecular weight is 364 g/mol. The fourth-order valence-corrected chi connectivity index (χ4v) is 2.85. The van der Waals surface area contributed by atoms with Gasteiger partial charge < -0.3 is 14.7 Å². The zero-order chi connectivity index (χ0) is 18.0. The first-order valence-corrected chi connectivity index (χ1v) is 8.33. The van der Waals surface area contributed by atoms with Crippen LogP contribution in [0.2, 0.25) is 5.02 Å². The van der Waals surface area contributed by atoms with Crippen LogP contribution < -0.4 is 9.80 Å². The smallest absolute Gasteiger partial charge is 0.257 e. The standard InChI is InChI=1S/C17H19ClFN5O/c1-22(2)15-5-6-20-17(21-15)24-9-7-23(8-10-24)16(25)13-11-12(18)3-4-14(13)19/h3-6,11H,7-10H2,1-2H3. The van der Waals surface area contributed by atoms with E-state index < -0.39 is 5.82 Å². The monoisotopic (exact) mass is 363 g/mol. The second-order valence-electron chi connectivity index (χ2n) is 6.01. The molecule has 2 aromatic rings. The van der Waals surface area contributed by atoms with Crippen LogP contribution in [0, 0.1) is 5.82 Å². The highest BCUT2D eigenvalue weighted by Gasteiger charge is 2.25. The second kappa shape index (κ2) is 7.23. The van der Waals surface area contributed by atoms with Crippen LogP contribution in [0.3, 0.4) is 0 Å². The van der Waals surface area contributed by atoms with Crippen LogP contribution in [-0.2, 0) is 0 Å². The van der Waals surface area contributed by atoms with E-state index in [2.05, 4.69) is 9.97 Å². The van der Waals surface area contributed by atoms with Crippen LogP contribution in [0.5, 0.6) is 0 Å². The first-order chi connectivity index (χ1) is 12.0. The molecule has 1 saturated heterocycles. The first-order valence-electron chi connectivity index (χ1n) is 7.95. The number of piperazine rings is 1. The number of carbonyl (C=O) groups excluding carboxylic acids is 1. The molecule has 0 bridgehead atoms. The molecule has 0 radical (unpaired) electrons. The van der Waals surface area contributed by atoms with Crippen molar-refractivity contribution < 1.29 is 9.18 Å². The van der Waals surface area contributed by atoms with Gasteiger partial charge in [0.1, 0.15) is 11.6 Å². The van der Waals surface area contributed by atoms with Crippen molar-refractivity contribution in [2.45, 2.75) is 0 Å². The van der Waals surface area contributed by atoms with Crippen LogP contribution in [0.4, 0.5) is 16.2 Å².